The summed E-state index contributed by atoms with van der Waals surface area (Å²) in [6, 6.07) is 7.02. The van der Waals surface area contributed by atoms with Crippen molar-refractivity contribution in [1.82, 2.24) is 5.32 Å². The molecule has 1 aliphatic carbocycles. The first-order valence-corrected chi connectivity index (χ1v) is 12.0. The third kappa shape index (κ3) is 9.37. The summed E-state index contributed by atoms with van der Waals surface area (Å²) in [5, 5.41) is 3.96. The number of nitrogens with one attached hydrogen (secondary N) is 1. The zero-order chi connectivity index (χ0) is 20.4. The van der Waals surface area contributed by atoms with Gasteiger partial charge in [0, 0.05) is 11.1 Å². The standard InChI is InChI=1S/C20H30ClNO5S/c21-17-10-12-18(13-11-17)27-20(23)15-22-19-9-5-4-8-16(19)7-3-1-2-6-14-28(24,25)26/h10-13,16,19,22H,1-9,14-15H2,(H,24,25,26). The van der Waals surface area contributed by atoms with E-state index in [9.17, 15) is 13.2 Å². The number of unbranched alkanes of at least 4 members (excludes halogenated alkanes) is 3. The molecule has 0 aromatic heterocycles. The molecule has 0 bridgehead atoms. The molecule has 0 aliphatic heterocycles. The van der Waals surface area contributed by atoms with E-state index >= 15 is 0 Å². The molecule has 8 heteroatoms. The highest BCUT2D eigenvalue weighted by molar-refractivity contribution is 7.85. The molecule has 2 unspecified atom stereocenters. The largest absolute Gasteiger partial charge is 0.426 e. The molecule has 2 rings (SSSR count). The van der Waals surface area contributed by atoms with Gasteiger partial charge in [-0.2, -0.15) is 8.42 Å². The number of hydrogen-bond donors (Lipinski definition) is 2. The Kier molecular flexibility index (Phi) is 9.71. The normalized spacial score (nSPS) is 20.1. The Balaban J connectivity index is 1.67. The quantitative estimate of drug-likeness (QED) is 0.236. The zero-order valence-electron chi connectivity index (χ0n) is 16.1. The molecule has 0 radical (unpaired) electrons. The van der Waals surface area contributed by atoms with Gasteiger partial charge in [-0.1, -0.05) is 43.7 Å². The number of carbonyl (C=O) groups is 1. The van der Waals surface area contributed by atoms with E-state index in [-0.39, 0.29) is 18.3 Å². The minimum atomic E-state index is -3.84. The number of rotatable bonds is 11. The van der Waals surface area contributed by atoms with Crippen molar-refractivity contribution in [3.05, 3.63) is 29.3 Å². The predicted octanol–water partition coefficient (Wildman–Crippen LogP) is 4.23. The van der Waals surface area contributed by atoms with Crippen molar-refractivity contribution in [2.45, 2.75) is 63.8 Å². The van der Waals surface area contributed by atoms with Crippen LogP contribution in [0.25, 0.3) is 0 Å². The Morgan fingerprint density at radius 3 is 2.50 bits per heavy atom. The van der Waals surface area contributed by atoms with Crippen molar-refractivity contribution in [3.63, 3.8) is 0 Å². The summed E-state index contributed by atoms with van der Waals surface area (Å²) >= 11 is 5.83. The highest BCUT2D eigenvalue weighted by Gasteiger charge is 2.25. The van der Waals surface area contributed by atoms with Gasteiger partial charge in [-0.25, -0.2) is 0 Å². The van der Waals surface area contributed by atoms with Crippen molar-refractivity contribution >= 4 is 27.7 Å². The summed E-state index contributed by atoms with van der Waals surface area (Å²) in [6.45, 7) is 0.179. The SMILES string of the molecule is O=C(CNC1CCCCC1CCCCCCS(=O)(=O)O)Oc1ccc(Cl)cc1. The third-order valence-corrected chi connectivity index (χ3v) is 6.25. The lowest BCUT2D eigenvalue weighted by Crippen LogP contribution is -2.42. The van der Waals surface area contributed by atoms with E-state index in [4.69, 9.17) is 20.9 Å². The van der Waals surface area contributed by atoms with E-state index in [1.165, 1.54) is 6.42 Å². The van der Waals surface area contributed by atoms with Crippen LogP contribution in [0.15, 0.2) is 24.3 Å². The lowest BCUT2D eigenvalue weighted by atomic mass is 9.81. The first-order valence-electron chi connectivity index (χ1n) is 9.98. The molecule has 0 amide bonds. The molecular formula is C20H30ClNO5S. The van der Waals surface area contributed by atoms with Crippen LogP contribution in [-0.2, 0) is 14.9 Å². The molecule has 28 heavy (non-hydrogen) atoms. The molecule has 1 aromatic carbocycles. The summed E-state index contributed by atoms with van der Waals surface area (Å²) in [6.07, 6.45) is 8.93. The number of hydrogen-bond acceptors (Lipinski definition) is 5. The fourth-order valence-corrected chi connectivity index (χ4v) is 4.45. The van der Waals surface area contributed by atoms with Gasteiger partial charge in [-0.3, -0.25) is 9.35 Å². The number of esters is 1. The molecule has 1 saturated carbocycles. The summed E-state index contributed by atoms with van der Waals surface area (Å²) in [5.74, 6) is 0.549. The molecule has 0 spiro atoms. The summed E-state index contributed by atoms with van der Waals surface area (Å²) in [7, 11) is -3.84. The Labute approximate surface area is 172 Å². The van der Waals surface area contributed by atoms with Gasteiger partial charge >= 0.3 is 5.97 Å². The monoisotopic (exact) mass is 431 g/mol. The van der Waals surface area contributed by atoms with Crippen molar-refractivity contribution in [2.75, 3.05) is 12.3 Å². The van der Waals surface area contributed by atoms with Crippen molar-refractivity contribution in [3.8, 4) is 5.75 Å². The van der Waals surface area contributed by atoms with Crippen LogP contribution in [0, 0.1) is 5.92 Å². The van der Waals surface area contributed by atoms with Gasteiger partial charge in [0.1, 0.15) is 5.75 Å². The third-order valence-electron chi connectivity index (χ3n) is 5.19. The molecule has 6 nitrogen and oxygen atoms in total. The first kappa shape index (κ1) is 23.1. The number of benzene rings is 1. The van der Waals surface area contributed by atoms with Crippen LogP contribution in [0.4, 0.5) is 0 Å². The van der Waals surface area contributed by atoms with E-state index in [1.807, 2.05) is 0 Å². The van der Waals surface area contributed by atoms with E-state index < -0.39 is 10.1 Å². The fourth-order valence-electron chi connectivity index (χ4n) is 3.75. The van der Waals surface area contributed by atoms with Crippen LogP contribution in [0.3, 0.4) is 0 Å². The average molecular weight is 432 g/mol. The lowest BCUT2D eigenvalue weighted by Gasteiger charge is -2.32. The molecule has 158 valence electrons. The maximum Gasteiger partial charge on any atom is 0.325 e. The predicted molar refractivity (Wildman–Crippen MR) is 110 cm³/mol. The number of halogens is 1. The molecule has 1 aromatic rings. The zero-order valence-corrected chi connectivity index (χ0v) is 17.7. The van der Waals surface area contributed by atoms with Crippen molar-refractivity contribution < 1.29 is 22.5 Å². The Morgan fingerprint density at radius 1 is 1.11 bits per heavy atom. The molecule has 2 atom stereocenters. The smallest absolute Gasteiger partial charge is 0.325 e. The summed E-state index contributed by atoms with van der Waals surface area (Å²) in [4.78, 5) is 12.1. The van der Waals surface area contributed by atoms with Gasteiger partial charge in [0.05, 0.1) is 12.3 Å². The Hall–Kier alpha value is -1.15. The van der Waals surface area contributed by atoms with Crippen LogP contribution in [0.1, 0.15) is 57.8 Å². The van der Waals surface area contributed by atoms with Gasteiger partial charge in [0.15, 0.2) is 0 Å². The average Bonchev–Trinajstić information content (AvgIpc) is 2.64. The van der Waals surface area contributed by atoms with Crippen molar-refractivity contribution in [1.29, 1.82) is 0 Å². The summed E-state index contributed by atoms with van der Waals surface area (Å²) in [5.41, 5.74) is 0. The fraction of sp³-hybridized carbons (Fsp3) is 0.650. The molecule has 0 saturated heterocycles. The van der Waals surface area contributed by atoms with E-state index in [2.05, 4.69) is 5.32 Å². The molecule has 1 aliphatic rings. The molecule has 0 heterocycles. The van der Waals surface area contributed by atoms with Crippen LogP contribution in [-0.4, -0.2) is 37.3 Å². The van der Waals surface area contributed by atoms with Gasteiger partial charge in [0.25, 0.3) is 10.1 Å². The first-order chi connectivity index (χ1) is 13.3. The van der Waals surface area contributed by atoms with Crippen LogP contribution in [0.5, 0.6) is 5.75 Å². The van der Waals surface area contributed by atoms with Crippen LogP contribution < -0.4 is 10.1 Å². The summed E-state index contributed by atoms with van der Waals surface area (Å²) < 4.78 is 35.5. The van der Waals surface area contributed by atoms with Gasteiger partial charge < -0.3 is 10.1 Å². The maximum absolute atomic E-state index is 12.1. The second-order valence-corrected chi connectivity index (χ2v) is 9.46. The lowest BCUT2D eigenvalue weighted by molar-refractivity contribution is -0.133. The molecule has 1 fully saturated rings. The van der Waals surface area contributed by atoms with Crippen LogP contribution in [0.2, 0.25) is 5.02 Å². The van der Waals surface area contributed by atoms with E-state index in [1.54, 1.807) is 24.3 Å². The van der Waals surface area contributed by atoms with E-state index in [0.29, 0.717) is 29.2 Å². The maximum atomic E-state index is 12.1. The number of ether oxygens (including phenoxy) is 1. The molecular weight excluding hydrogens is 402 g/mol. The topological polar surface area (TPSA) is 92.7 Å². The second-order valence-electron chi connectivity index (χ2n) is 7.45. The Morgan fingerprint density at radius 2 is 1.79 bits per heavy atom. The highest BCUT2D eigenvalue weighted by atomic mass is 35.5. The Bertz CT molecular complexity index is 708. The van der Waals surface area contributed by atoms with Crippen LogP contribution >= 0.6 is 11.6 Å². The minimum Gasteiger partial charge on any atom is -0.426 e. The van der Waals surface area contributed by atoms with Gasteiger partial charge in [-0.05, 0) is 55.9 Å². The molecule has 2 N–H and O–H groups in total. The highest BCUT2D eigenvalue weighted by Crippen LogP contribution is 2.29. The van der Waals surface area contributed by atoms with E-state index in [0.717, 1.165) is 44.9 Å². The number of carbonyl (C=O) groups excluding carboxylic acids is 1. The minimum absolute atomic E-state index is 0.156. The van der Waals surface area contributed by atoms with Gasteiger partial charge in [-0.15, -0.1) is 0 Å². The second kappa shape index (κ2) is 11.8. The van der Waals surface area contributed by atoms with Gasteiger partial charge in [0.2, 0.25) is 0 Å². The van der Waals surface area contributed by atoms with Crippen molar-refractivity contribution in [2.24, 2.45) is 5.92 Å².